The summed E-state index contributed by atoms with van der Waals surface area (Å²) in [6.45, 7) is 0. The highest BCUT2D eigenvalue weighted by molar-refractivity contribution is 8.13. The molecule has 0 aliphatic rings. The fraction of sp³-hybridized carbons (Fsp3) is 0. The highest BCUT2D eigenvalue weighted by atomic mass is 32.2. The van der Waals surface area contributed by atoms with Gasteiger partial charge in [-0.3, -0.25) is 4.79 Å². The van der Waals surface area contributed by atoms with Crippen LogP contribution in [0.4, 0.5) is 0 Å². The van der Waals surface area contributed by atoms with E-state index in [1.807, 2.05) is 24.3 Å². The maximum Gasteiger partial charge on any atom is 0.273 e. The van der Waals surface area contributed by atoms with Crippen molar-refractivity contribution in [1.82, 2.24) is 4.98 Å². The second-order valence-electron chi connectivity index (χ2n) is 2.13. The molecule has 1 aromatic heterocycles. The first kappa shape index (κ1) is 7.76. The molecule has 0 aliphatic carbocycles. The first-order valence-electron chi connectivity index (χ1n) is 3.30. The third-order valence-corrected chi connectivity index (χ3v) is 3.08. The van der Waals surface area contributed by atoms with E-state index in [1.54, 1.807) is 5.62 Å². The molecule has 0 fully saturated rings. The average Bonchev–Trinajstić information content (AvgIpc) is 2.47. The Bertz CT molecular complexity index is 377. The fourth-order valence-corrected chi connectivity index (χ4v) is 2.38. The van der Waals surface area contributed by atoms with Crippen molar-refractivity contribution in [2.45, 2.75) is 4.34 Å². The van der Waals surface area contributed by atoms with Crippen LogP contribution in [0.2, 0.25) is 0 Å². The number of fused-ring (bicyclic) bond motifs is 1. The normalized spacial score (nSPS) is 10.3. The third kappa shape index (κ3) is 1.35. The maximum absolute atomic E-state index is 10.1. The Balaban J connectivity index is 2.54. The standard InChI is InChI=1S/C8H4NOS2/c10-5-11-8-9-6-3-1-2-4-7(6)12-8/h1-4H. The van der Waals surface area contributed by atoms with Crippen LogP contribution in [-0.2, 0) is 4.79 Å². The summed E-state index contributed by atoms with van der Waals surface area (Å²) in [5, 5.41) is 0. The molecule has 2 aromatic rings. The van der Waals surface area contributed by atoms with Crippen LogP contribution in [0.15, 0.2) is 28.6 Å². The van der Waals surface area contributed by atoms with Gasteiger partial charge in [-0.25, -0.2) is 4.98 Å². The van der Waals surface area contributed by atoms with Gasteiger partial charge in [0, 0.05) is 0 Å². The Hall–Kier alpha value is -0.870. The molecule has 4 heteroatoms. The number of rotatable bonds is 2. The summed E-state index contributed by atoms with van der Waals surface area (Å²) in [6.07, 6.45) is 0. The lowest BCUT2D eigenvalue weighted by Crippen LogP contribution is -1.66. The molecule has 2 nitrogen and oxygen atoms in total. The summed E-state index contributed by atoms with van der Waals surface area (Å²) in [5.41, 5.74) is 2.70. The monoisotopic (exact) mass is 194 g/mol. The summed E-state index contributed by atoms with van der Waals surface area (Å²) >= 11 is 2.51. The maximum atomic E-state index is 10.1. The molecular weight excluding hydrogens is 190 g/mol. The zero-order valence-electron chi connectivity index (χ0n) is 5.98. The quantitative estimate of drug-likeness (QED) is 0.688. The van der Waals surface area contributed by atoms with Crippen molar-refractivity contribution in [3.63, 3.8) is 0 Å². The second-order valence-corrected chi connectivity index (χ2v) is 4.18. The molecule has 0 saturated carbocycles. The Morgan fingerprint density at radius 2 is 2.25 bits per heavy atom. The number of hydrogen-bond donors (Lipinski definition) is 0. The summed E-state index contributed by atoms with van der Waals surface area (Å²) in [5.74, 6) is 0. The molecular formula is C8H4NOS2. The number of thiazole rings is 1. The van der Waals surface area contributed by atoms with Crippen molar-refractivity contribution in [1.29, 1.82) is 0 Å². The zero-order valence-corrected chi connectivity index (χ0v) is 7.61. The van der Waals surface area contributed by atoms with Gasteiger partial charge in [0.15, 0.2) is 4.34 Å². The number of hydrogen-bond acceptors (Lipinski definition) is 4. The average molecular weight is 194 g/mol. The predicted octanol–water partition coefficient (Wildman–Crippen LogP) is 2.46. The summed E-state index contributed by atoms with van der Waals surface area (Å²) in [6, 6.07) is 7.81. The van der Waals surface area contributed by atoms with Crippen LogP contribution in [0.1, 0.15) is 0 Å². The minimum absolute atomic E-state index is 0.756. The molecule has 0 atom stereocenters. The molecule has 59 valence electrons. The molecule has 0 amide bonds. The third-order valence-electron chi connectivity index (χ3n) is 1.40. The van der Waals surface area contributed by atoms with Crippen LogP contribution in [0.25, 0.3) is 10.2 Å². The molecule has 0 spiro atoms. The lowest BCUT2D eigenvalue weighted by Gasteiger charge is -1.80. The SMILES string of the molecule is O=[C]Sc1nc2ccccc2s1. The largest absolute Gasteiger partial charge is 0.277 e. The van der Waals surface area contributed by atoms with Crippen LogP contribution >= 0.6 is 23.1 Å². The minimum atomic E-state index is 0.756. The van der Waals surface area contributed by atoms with Crippen molar-refractivity contribution in [3.05, 3.63) is 24.3 Å². The number of thioether (sulfide) groups is 1. The molecule has 2 rings (SSSR count). The van der Waals surface area contributed by atoms with E-state index in [9.17, 15) is 4.79 Å². The molecule has 0 unspecified atom stereocenters. The lowest BCUT2D eigenvalue weighted by molar-refractivity contribution is 0.570. The van der Waals surface area contributed by atoms with Crippen LogP contribution in [0, 0.1) is 0 Å². The number of para-hydroxylation sites is 1. The predicted molar refractivity (Wildman–Crippen MR) is 51.2 cm³/mol. The van der Waals surface area contributed by atoms with Crippen LogP contribution in [0.3, 0.4) is 0 Å². The van der Waals surface area contributed by atoms with E-state index < -0.39 is 0 Å². The molecule has 12 heavy (non-hydrogen) atoms. The highest BCUT2D eigenvalue weighted by Gasteiger charge is 2.01. The van der Waals surface area contributed by atoms with Crippen molar-refractivity contribution < 1.29 is 4.79 Å². The van der Waals surface area contributed by atoms with E-state index in [4.69, 9.17) is 0 Å². The molecule has 0 bridgehead atoms. The highest BCUT2D eigenvalue weighted by Crippen LogP contribution is 2.27. The Morgan fingerprint density at radius 3 is 3.00 bits per heavy atom. The van der Waals surface area contributed by atoms with Gasteiger partial charge in [0.2, 0.25) is 0 Å². The Kier molecular flexibility index (Phi) is 2.10. The molecule has 0 saturated heterocycles. The summed E-state index contributed by atoms with van der Waals surface area (Å²) in [7, 11) is 0. The molecule has 0 aliphatic heterocycles. The van der Waals surface area contributed by atoms with Gasteiger partial charge < -0.3 is 0 Å². The molecule has 1 heterocycles. The summed E-state index contributed by atoms with van der Waals surface area (Å²) in [4.78, 5) is 14.3. The second kappa shape index (κ2) is 3.25. The van der Waals surface area contributed by atoms with E-state index in [0.717, 1.165) is 26.3 Å². The number of benzene rings is 1. The van der Waals surface area contributed by atoms with Gasteiger partial charge in [0.1, 0.15) is 0 Å². The Labute approximate surface area is 77.6 Å². The van der Waals surface area contributed by atoms with Crippen molar-refractivity contribution in [2.24, 2.45) is 0 Å². The van der Waals surface area contributed by atoms with Crippen LogP contribution < -0.4 is 0 Å². The zero-order chi connectivity index (χ0) is 8.39. The topological polar surface area (TPSA) is 30.0 Å². The van der Waals surface area contributed by atoms with Crippen molar-refractivity contribution in [3.8, 4) is 0 Å². The minimum Gasteiger partial charge on any atom is -0.277 e. The van der Waals surface area contributed by atoms with Crippen LogP contribution in [-0.4, -0.2) is 10.6 Å². The van der Waals surface area contributed by atoms with Crippen molar-refractivity contribution in [2.75, 3.05) is 0 Å². The van der Waals surface area contributed by atoms with Crippen molar-refractivity contribution >= 4 is 38.9 Å². The van der Waals surface area contributed by atoms with Gasteiger partial charge in [-0.1, -0.05) is 12.1 Å². The van der Waals surface area contributed by atoms with E-state index in [-0.39, 0.29) is 0 Å². The lowest BCUT2D eigenvalue weighted by atomic mass is 10.3. The number of aromatic nitrogens is 1. The van der Waals surface area contributed by atoms with E-state index in [2.05, 4.69) is 4.98 Å². The molecule has 1 aromatic carbocycles. The van der Waals surface area contributed by atoms with E-state index >= 15 is 0 Å². The Morgan fingerprint density at radius 1 is 1.42 bits per heavy atom. The molecule has 0 N–H and O–H groups in total. The number of nitrogens with zero attached hydrogens (tertiary/aromatic N) is 1. The molecule has 1 radical (unpaired) electrons. The van der Waals surface area contributed by atoms with Gasteiger partial charge in [-0.2, -0.15) is 0 Å². The van der Waals surface area contributed by atoms with Gasteiger partial charge in [0.05, 0.1) is 10.2 Å². The smallest absolute Gasteiger partial charge is 0.273 e. The van der Waals surface area contributed by atoms with Crippen LogP contribution in [0.5, 0.6) is 0 Å². The first-order chi connectivity index (χ1) is 5.90. The summed E-state index contributed by atoms with van der Waals surface area (Å²) < 4.78 is 1.86. The first-order valence-corrected chi connectivity index (χ1v) is 4.93. The van der Waals surface area contributed by atoms with E-state index in [0.29, 0.717) is 0 Å². The van der Waals surface area contributed by atoms with E-state index in [1.165, 1.54) is 11.3 Å². The fourth-order valence-electron chi connectivity index (χ4n) is 0.930. The van der Waals surface area contributed by atoms with Gasteiger partial charge >= 0.3 is 0 Å². The van der Waals surface area contributed by atoms with Gasteiger partial charge in [0.25, 0.3) is 5.62 Å². The number of carbonyl (C=O) groups excluding carboxylic acids is 1. The van der Waals surface area contributed by atoms with Gasteiger partial charge in [-0.05, 0) is 23.9 Å². The van der Waals surface area contributed by atoms with Gasteiger partial charge in [-0.15, -0.1) is 11.3 Å².